The minimum absolute atomic E-state index is 0.256. The van der Waals surface area contributed by atoms with Gasteiger partial charge in [0.25, 0.3) is 0 Å². The normalized spacial score (nSPS) is 11.2. The molecule has 0 amide bonds. The Morgan fingerprint density at radius 1 is 1.20 bits per heavy atom. The maximum atomic E-state index is 9.43. The van der Waals surface area contributed by atoms with Crippen LogP contribution >= 0.6 is 22.9 Å². The SMILES string of the molecule is Cc1cccc(N/N=C(/C#N)c2nc(-c3ccc(Cl)cc3)cs2)c1C. The summed E-state index contributed by atoms with van der Waals surface area (Å²) in [4.78, 5) is 4.52. The first-order valence-electron chi connectivity index (χ1n) is 7.60. The van der Waals surface area contributed by atoms with Crippen LogP contribution in [-0.4, -0.2) is 10.7 Å². The highest BCUT2D eigenvalue weighted by Gasteiger charge is 2.11. The van der Waals surface area contributed by atoms with Crippen LogP contribution in [0.25, 0.3) is 11.3 Å². The molecule has 0 spiro atoms. The summed E-state index contributed by atoms with van der Waals surface area (Å²) in [6.45, 7) is 4.05. The summed E-state index contributed by atoms with van der Waals surface area (Å²) in [5, 5.41) is 16.8. The summed E-state index contributed by atoms with van der Waals surface area (Å²) in [5.41, 5.74) is 8.12. The fourth-order valence-electron chi connectivity index (χ4n) is 2.24. The number of nitrogens with zero attached hydrogens (tertiary/aromatic N) is 3. The fraction of sp³-hybridized carbons (Fsp3) is 0.105. The third kappa shape index (κ3) is 3.87. The Kier molecular flexibility index (Phi) is 5.13. The second kappa shape index (κ2) is 7.47. The van der Waals surface area contributed by atoms with Gasteiger partial charge in [-0.25, -0.2) is 4.98 Å². The fourth-order valence-corrected chi connectivity index (χ4v) is 3.14. The summed E-state index contributed by atoms with van der Waals surface area (Å²) in [6.07, 6.45) is 0. The number of nitriles is 1. The van der Waals surface area contributed by atoms with Crippen molar-refractivity contribution >= 4 is 34.3 Å². The van der Waals surface area contributed by atoms with E-state index in [0.29, 0.717) is 10.0 Å². The van der Waals surface area contributed by atoms with Gasteiger partial charge < -0.3 is 0 Å². The highest BCUT2D eigenvalue weighted by Crippen LogP contribution is 2.24. The van der Waals surface area contributed by atoms with Crippen molar-refractivity contribution in [1.29, 1.82) is 5.26 Å². The van der Waals surface area contributed by atoms with Crippen molar-refractivity contribution in [3.05, 3.63) is 69.0 Å². The van der Waals surface area contributed by atoms with Crippen molar-refractivity contribution in [2.75, 3.05) is 5.43 Å². The van der Waals surface area contributed by atoms with E-state index in [1.54, 1.807) is 0 Å². The predicted octanol–water partition coefficient (Wildman–Crippen LogP) is 5.42. The van der Waals surface area contributed by atoms with Crippen molar-refractivity contribution < 1.29 is 0 Å². The van der Waals surface area contributed by atoms with Gasteiger partial charge in [0.2, 0.25) is 0 Å². The summed E-state index contributed by atoms with van der Waals surface area (Å²) >= 11 is 7.30. The van der Waals surface area contributed by atoms with Gasteiger partial charge in [0.05, 0.1) is 11.4 Å². The van der Waals surface area contributed by atoms with Gasteiger partial charge in [-0.15, -0.1) is 11.3 Å². The molecule has 25 heavy (non-hydrogen) atoms. The van der Waals surface area contributed by atoms with Crippen molar-refractivity contribution in [3.63, 3.8) is 0 Å². The molecule has 0 aliphatic carbocycles. The Bertz CT molecular complexity index is 968. The molecule has 0 radical (unpaired) electrons. The quantitative estimate of drug-likeness (QED) is 0.495. The number of rotatable bonds is 4. The highest BCUT2D eigenvalue weighted by molar-refractivity contribution is 7.12. The van der Waals surface area contributed by atoms with E-state index >= 15 is 0 Å². The predicted molar refractivity (Wildman–Crippen MR) is 104 cm³/mol. The number of hydrogen-bond donors (Lipinski definition) is 1. The van der Waals surface area contributed by atoms with Crippen molar-refractivity contribution in [2.45, 2.75) is 13.8 Å². The molecule has 4 nitrogen and oxygen atoms in total. The first-order valence-corrected chi connectivity index (χ1v) is 8.86. The summed E-state index contributed by atoms with van der Waals surface area (Å²) in [5.74, 6) is 0. The van der Waals surface area contributed by atoms with Gasteiger partial charge in [-0.1, -0.05) is 35.9 Å². The lowest BCUT2D eigenvalue weighted by atomic mass is 10.1. The Morgan fingerprint density at radius 3 is 2.68 bits per heavy atom. The standard InChI is InChI=1S/C19H15ClN4S/c1-12-4-3-5-16(13(12)2)23-24-17(10-21)19-22-18(11-25-19)14-6-8-15(20)9-7-14/h3-9,11,23H,1-2H3/b24-17-. The van der Waals surface area contributed by atoms with E-state index < -0.39 is 0 Å². The van der Waals surface area contributed by atoms with Gasteiger partial charge in [-0.3, -0.25) is 5.43 Å². The maximum Gasteiger partial charge on any atom is 0.196 e. The molecular formula is C19H15ClN4S. The van der Waals surface area contributed by atoms with Crippen molar-refractivity contribution in [3.8, 4) is 17.3 Å². The molecule has 1 N–H and O–H groups in total. The number of nitrogens with one attached hydrogen (secondary N) is 1. The molecule has 3 rings (SSSR count). The van der Waals surface area contributed by atoms with Gasteiger partial charge in [0, 0.05) is 16.0 Å². The van der Waals surface area contributed by atoms with E-state index in [1.165, 1.54) is 11.3 Å². The van der Waals surface area contributed by atoms with Crippen LogP contribution in [0.1, 0.15) is 16.1 Å². The molecule has 0 saturated carbocycles. The summed E-state index contributed by atoms with van der Waals surface area (Å²) in [7, 11) is 0. The van der Waals surface area contributed by atoms with E-state index in [9.17, 15) is 5.26 Å². The van der Waals surface area contributed by atoms with Crippen molar-refractivity contribution in [2.24, 2.45) is 5.10 Å². The summed E-state index contributed by atoms with van der Waals surface area (Å²) in [6, 6.07) is 15.5. The molecule has 0 unspecified atom stereocenters. The Hall–Kier alpha value is -2.68. The minimum Gasteiger partial charge on any atom is -0.277 e. The molecule has 0 saturated heterocycles. The molecule has 2 aromatic carbocycles. The summed E-state index contributed by atoms with van der Waals surface area (Å²) < 4.78 is 0. The topological polar surface area (TPSA) is 61.1 Å². The average Bonchev–Trinajstić information content (AvgIpc) is 3.09. The zero-order valence-electron chi connectivity index (χ0n) is 13.7. The zero-order valence-corrected chi connectivity index (χ0v) is 15.3. The lowest BCUT2D eigenvalue weighted by molar-refractivity contribution is 1.26. The molecule has 0 atom stereocenters. The van der Waals surface area contributed by atoms with E-state index in [1.807, 2.05) is 61.7 Å². The third-order valence-corrected chi connectivity index (χ3v) is 4.95. The van der Waals surface area contributed by atoms with Gasteiger partial charge in [-0.2, -0.15) is 10.4 Å². The van der Waals surface area contributed by atoms with Crippen LogP contribution in [-0.2, 0) is 0 Å². The van der Waals surface area contributed by atoms with Gasteiger partial charge in [-0.05, 0) is 43.2 Å². The number of hydrazone groups is 1. The number of benzene rings is 2. The van der Waals surface area contributed by atoms with E-state index in [2.05, 4.69) is 21.6 Å². The number of hydrogen-bond acceptors (Lipinski definition) is 5. The first-order chi connectivity index (χ1) is 12.1. The van der Waals surface area contributed by atoms with Gasteiger partial charge >= 0.3 is 0 Å². The molecule has 1 aromatic heterocycles. The molecular weight excluding hydrogens is 352 g/mol. The van der Waals surface area contributed by atoms with Crippen LogP contribution in [0, 0.1) is 25.2 Å². The average molecular weight is 367 g/mol. The number of aryl methyl sites for hydroxylation is 1. The second-order valence-electron chi connectivity index (χ2n) is 5.48. The minimum atomic E-state index is 0.256. The third-order valence-electron chi connectivity index (χ3n) is 3.85. The Morgan fingerprint density at radius 2 is 1.96 bits per heavy atom. The van der Waals surface area contributed by atoms with E-state index in [-0.39, 0.29) is 5.71 Å². The second-order valence-corrected chi connectivity index (χ2v) is 6.77. The number of aromatic nitrogens is 1. The van der Waals surface area contributed by atoms with Crippen LogP contribution < -0.4 is 5.43 Å². The molecule has 124 valence electrons. The van der Waals surface area contributed by atoms with E-state index in [4.69, 9.17) is 11.6 Å². The van der Waals surface area contributed by atoms with Crippen LogP contribution in [0.4, 0.5) is 5.69 Å². The molecule has 6 heteroatoms. The first kappa shape index (κ1) is 17.2. The maximum absolute atomic E-state index is 9.43. The van der Waals surface area contributed by atoms with E-state index in [0.717, 1.165) is 28.1 Å². The molecule has 0 fully saturated rings. The zero-order chi connectivity index (χ0) is 17.8. The highest BCUT2D eigenvalue weighted by atomic mass is 35.5. The van der Waals surface area contributed by atoms with Crippen LogP contribution in [0.15, 0.2) is 52.9 Å². The van der Waals surface area contributed by atoms with Crippen LogP contribution in [0.3, 0.4) is 0 Å². The van der Waals surface area contributed by atoms with Gasteiger partial charge in [0.15, 0.2) is 10.7 Å². The van der Waals surface area contributed by atoms with Crippen LogP contribution in [0.5, 0.6) is 0 Å². The number of anilines is 1. The molecule has 0 aliphatic heterocycles. The number of thiazole rings is 1. The monoisotopic (exact) mass is 366 g/mol. The molecule has 1 heterocycles. The Balaban J connectivity index is 1.85. The van der Waals surface area contributed by atoms with Crippen LogP contribution in [0.2, 0.25) is 5.02 Å². The van der Waals surface area contributed by atoms with Crippen molar-refractivity contribution in [1.82, 2.24) is 4.98 Å². The lowest BCUT2D eigenvalue weighted by Crippen LogP contribution is -2.02. The van der Waals surface area contributed by atoms with Gasteiger partial charge in [0.1, 0.15) is 6.07 Å². The number of halogens is 1. The molecule has 3 aromatic rings. The lowest BCUT2D eigenvalue weighted by Gasteiger charge is -2.07. The smallest absolute Gasteiger partial charge is 0.196 e. The molecule has 0 bridgehead atoms. The molecule has 0 aliphatic rings. The Labute approximate surface area is 155 Å². The largest absolute Gasteiger partial charge is 0.277 e.